The van der Waals surface area contributed by atoms with Crippen LogP contribution in [-0.4, -0.2) is 15.8 Å². The van der Waals surface area contributed by atoms with Crippen LogP contribution in [0.4, 0.5) is 11.4 Å². The van der Waals surface area contributed by atoms with Gasteiger partial charge in [0, 0.05) is 11.6 Å². The Kier molecular flexibility index (Phi) is 4.52. The van der Waals surface area contributed by atoms with Gasteiger partial charge in [-0.1, -0.05) is 6.58 Å². The first-order chi connectivity index (χ1) is 9.23. The minimum absolute atomic E-state index is 0.0789. The molecule has 0 fully saturated rings. The van der Waals surface area contributed by atoms with Gasteiger partial charge in [-0.25, -0.2) is 4.79 Å². The van der Waals surface area contributed by atoms with Crippen LogP contribution in [0.2, 0.25) is 0 Å². The number of carbonyl (C=O) groups excluding carboxylic acids is 1. The van der Waals surface area contributed by atoms with Crippen molar-refractivity contribution in [1.82, 2.24) is 0 Å². The van der Waals surface area contributed by atoms with Gasteiger partial charge in [0.25, 0.3) is 11.4 Å². The van der Waals surface area contributed by atoms with E-state index in [0.29, 0.717) is 0 Å². The van der Waals surface area contributed by atoms with E-state index in [1.54, 1.807) is 0 Å². The summed E-state index contributed by atoms with van der Waals surface area (Å²) in [7, 11) is 0. The van der Waals surface area contributed by atoms with Crippen LogP contribution in [0.3, 0.4) is 0 Å². The first kappa shape index (κ1) is 15.3. The predicted octanol–water partition coefficient (Wildman–Crippen LogP) is 2.68. The lowest BCUT2D eigenvalue weighted by atomic mass is 10.1. The van der Waals surface area contributed by atoms with Gasteiger partial charge in [-0.2, -0.15) is 0 Å². The molecule has 1 unspecified atom stereocenters. The van der Waals surface area contributed by atoms with Gasteiger partial charge in [0.2, 0.25) is 0 Å². The molecule has 0 saturated carbocycles. The van der Waals surface area contributed by atoms with Gasteiger partial charge in [-0.3, -0.25) is 20.2 Å². The zero-order valence-electron chi connectivity index (χ0n) is 10.9. The van der Waals surface area contributed by atoms with Crippen LogP contribution in [-0.2, 0) is 9.53 Å². The molecule has 0 radical (unpaired) electrons. The third-order valence-electron chi connectivity index (χ3n) is 2.49. The van der Waals surface area contributed by atoms with Crippen molar-refractivity contribution in [2.75, 3.05) is 0 Å². The lowest BCUT2D eigenvalue weighted by Gasteiger charge is -2.13. The first-order valence-corrected chi connectivity index (χ1v) is 5.53. The molecule has 0 aliphatic rings. The molecule has 0 aliphatic heterocycles. The summed E-state index contributed by atoms with van der Waals surface area (Å²) < 4.78 is 4.98. The summed E-state index contributed by atoms with van der Waals surface area (Å²) in [5.74, 6) is -0.690. The molecule has 8 nitrogen and oxygen atoms in total. The second-order valence-corrected chi connectivity index (χ2v) is 4.09. The van der Waals surface area contributed by atoms with Crippen molar-refractivity contribution in [1.29, 1.82) is 0 Å². The molecule has 106 valence electrons. The Bertz CT molecular complexity index is 596. The molecule has 0 aromatic heterocycles. The Labute approximate surface area is 114 Å². The molecular weight excluding hydrogens is 268 g/mol. The summed E-state index contributed by atoms with van der Waals surface area (Å²) in [6.07, 6.45) is -0.916. The number of rotatable bonds is 5. The van der Waals surface area contributed by atoms with E-state index < -0.39 is 33.3 Å². The van der Waals surface area contributed by atoms with Gasteiger partial charge in [0.15, 0.2) is 0 Å². The van der Waals surface area contributed by atoms with Crippen molar-refractivity contribution in [3.63, 3.8) is 0 Å². The largest absolute Gasteiger partial charge is 0.454 e. The second-order valence-electron chi connectivity index (χ2n) is 4.09. The second kappa shape index (κ2) is 5.91. The third kappa shape index (κ3) is 3.37. The maximum Gasteiger partial charge on any atom is 0.333 e. The van der Waals surface area contributed by atoms with E-state index in [2.05, 4.69) is 6.58 Å². The number of nitro groups is 2. The summed E-state index contributed by atoms with van der Waals surface area (Å²) in [6.45, 7) is 6.28. The molecule has 20 heavy (non-hydrogen) atoms. The van der Waals surface area contributed by atoms with Gasteiger partial charge in [-0.15, -0.1) is 0 Å². The summed E-state index contributed by atoms with van der Waals surface area (Å²) in [5, 5.41) is 21.6. The van der Waals surface area contributed by atoms with Crippen molar-refractivity contribution < 1.29 is 19.4 Å². The highest BCUT2D eigenvalue weighted by atomic mass is 16.6. The van der Waals surface area contributed by atoms with Crippen LogP contribution >= 0.6 is 0 Å². The normalized spacial score (nSPS) is 11.5. The van der Waals surface area contributed by atoms with Crippen molar-refractivity contribution in [2.24, 2.45) is 0 Å². The Morgan fingerprint density at radius 1 is 1.30 bits per heavy atom. The van der Waals surface area contributed by atoms with Crippen LogP contribution < -0.4 is 0 Å². The maximum atomic E-state index is 11.4. The minimum atomic E-state index is -0.916. The number of esters is 1. The standard InChI is InChI=1S/C12H12N2O6/c1-7(2)12(15)20-8(3)10-5-4-9(13(16)17)6-11(10)14(18)19/h4-6,8H,1H2,2-3H3. The zero-order chi connectivity index (χ0) is 15.4. The van der Waals surface area contributed by atoms with Gasteiger partial charge in [0.1, 0.15) is 6.10 Å². The van der Waals surface area contributed by atoms with E-state index in [0.717, 1.165) is 12.1 Å². The molecule has 0 spiro atoms. The first-order valence-electron chi connectivity index (χ1n) is 5.53. The van der Waals surface area contributed by atoms with E-state index in [1.165, 1.54) is 19.9 Å². The number of ether oxygens (including phenoxy) is 1. The molecule has 1 aromatic rings. The summed E-state index contributed by atoms with van der Waals surface area (Å²) in [5.41, 5.74) is -0.642. The topological polar surface area (TPSA) is 113 Å². The fourth-order valence-corrected chi connectivity index (χ4v) is 1.47. The molecule has 1 atom stereocenters. The van der Waals surface area contributed by atoms with Crippen LogP contribution in [0.15, 0.2) is 30.4 Å². The van der Waals surface area contributed by atoms with Crippen LogP contribution in [0.25, 0.3) is 0 Å². The maximum absolute atomic E-state index is 11.4. The Morgan fingerprint density at radius 2 is 1.90 bits per heavy atom. The smallest absolute Gasteiger partial charge is 0.333 e. The van der Waals surface area contributed by atoms with Crippen LogP contribution in [0.5, 0.6) is 0 Å². The molecule has 8 heteroatoms. The lowest BCUT2D eigenvalue weighted by Crippen LogP contribution is -2.11. The molecule has 0 amide bonds. The lowest BCUT2D eigenvalue weighted by molar-refractivity contribution is -0.394. The van der Waals surface area contributed by atoms with Crippen molar-refractivity contribution in [3.05, 3.63) is 56.1 Å². The molecule has 1 aromatic carbocycles. The number of nitro benzene ring substituents is 2. The molecule has 1 rings (SSSR count). The quantitative estimate of drug-likeness (QED) is 0.354. The molecular formula is C12H12N2O6. The molecule has 0 saturated heterocycles. The molecule has 0 N–H and O–H groups in total. The highest BCUT2D eigenvalue weighted by Gasteiger charge is 2.25. The fourth-order valence-electron chi connectivity index (χ4n) is 1.47. The average molecular weight is 280 g/mol. The summed E-state index contributed by atoms with van der Waals surface area (Å²) >= 11 is 0. The minimum Gasteiger partial charge on any atom is -0.454 e. The van der Waals surface area contributed by atoms with E-state index >= 15 is 0 Å². The Balaban J connectivity index is 3.17. The van der Waals surface area contributed by atoms with E-state index in [9.17, 15) is 25.0 Å². The van der Waals surface area contributed by atoms with E-state index in [1.807, 2.05) is 0 Å². The number of hydrogen-bond donors (Lipinski definition) is 0. The zero-order valence-corrected chi connectivity index (χ0v) is 10.9. The molecule has 0 bridgehead atoms. The monoisotopic (exact) mass is 280 g/mol. The average Bonchev–Trinajstić information content (AvgIpc) is 2.37. The van der Waals surface area contributed by atoms with Crippen molar-refractivity contribution in [3.8, 4) is 0 Å². The van der Waals surface area contributed by atoms with Gasteiger partial charge in [-0.05, 0) is 19.9 Å². The van der Waals surface area contributed by atoms with Crippen molar-refractivity contribution >= 4 is 17.3 Å². The highest BCUT2D eigenvalue weighted by molar-refractivity contribution is 5.87. The number of non-ortho nitro benzene ring substituents is 1. The predicted molar refractivity (Wildman–Crippen MR) is 69.1 cm³/mol. The SMILES string of the molecule is C=C(C)C(=O)OC(C)c1ccc([N+](=O)[O-])cc1[N+](=O)[O-]. The van der Waals surface area contributed by atoms with E-state index in [4.69, 9.17) is 4.74 Å². The Morgan fingerprint density at radius 3 is 2.35 bits per heavy atom. The summed E-state index contributed by atoms with van der Waals surface area (Å²) in [4.78, 5) is 31.4. The third-order valence-corrected chi connectivity index (χ3v) is 2.49. The Hall–Kier alpha value is -2.77. The highest BCUT2D eigenvalue weighted by Crippen LogP contribution is 2.31. The number of hydrogen-bond acceptors (Lipinski definition) is 6. The number of benzene rings is 1. The van der Waals surface area contributed by atoms with Crippen LogP contribution in [0, 0.1) is 20.2 Å². The molecule has 0 aliphatic carbocycles. The fraction of sp³-hybridized carbons (Fsp3) is 0.250. The van der Waals surface area contributed by atoms with Gasteiger partial charge in [0.05, 0.1) is 21.5 Å². The molecule has 0 heterocycles. The number of nitrogens with zero attached hydrogens (tertiary/aromatic N) is 2. The summed E-state index contributed by atoms with van der Waals surface area (Å²) in [6, 6.07) is 3.15. The van der Waals surface area contributed by atoms with E-state index in [-0.39, 0.29) is 11.1 Å². The van der Waals surface area contributed by atoms with Gasteiger partial charge < -0.3 is 4.74 Å². The number of carbonyl (C=O) groups is 1. The van der Waals surface area contributed by atoms with Gasteiger partial charge >= 0.3 is 5.97 Å². The van der Waals surface area contributed by atoms with Crippen LogP contribution in [0.1, 0.15) is 25.5 Å². The van der Waals surface area contributed by atoms with Crippen molar-refractivity contribution in [2.45, 2.75) is 20.0 Å².